The van der Waals surface area contributed by atoms with E-state index in [1.54, 1.807) is 0 Å². The minimum atomic E-state index is -1.47. The summed E-state index contributed by atoms with van der Waals surface area (Å²) in [5, 5.41) is 39.7. The third-order valence-corrected chi connectivity index (χ3v) is 5.28. The molecule has 2 aromatic carbocycles. The van der Waals surface area contributed by atoms with Gasteiger partial charge in [0.25, 0.3) is 0 Å². The average molecular weight is 388 g/mol. The summed E-state index contributed by atoms with van der Waals surface area (Å²) in [7, 11) is 0. The molecule has 0 bridgehead atoms. The van der Waals surface area contributed by atoms with Gasteiger partial charge in [0.05, 0.1) is 6.61 Å². The lowest BCUT2D eigenvalue weighted by Crippen LogP contribution is -2.60. The van der Waals surface area contributed by atoms with Crippen molar-refractivity contribution in [1.82, 2.24) is 0 Å². The highest BCUT2D eigenvalue weighted by Crippen LogP contribution is 2.32. The first-order chi connectivity index (χ1) is 13.3. The molecule has 1 fully saturated rings. The van der Waals surface area contributed by atoms with E-state index in [-0.39, 0.29) is 0 Å². The van der Waals surface area contributed by atoms with Crippen LogP contribution in [-0.2, 0) is 11.2 Å². The van der Waals surface area contributed by atoms with Crippen LogP contribution in [0.3, 0.4) is 0 Å². The summed E-state index contributed by atoms with van der Waals surface area (Å²) in [6, 6.07) is 12.2. The van der Waals surface area contributed by atoms with Gasteiger partial charge in [-0.3, -0.25) is 0 Å². The fourth-order valence-corrected chi connectivity index (χ4v) is 3.42. The zero-order chi connectivity index (χ0) is 20.4. The molecule has 1 aliphatic heterocycles. The lowest BCUT2D eigenvalue weighted by atomic mass is 9.96. The quantitative estimate of drug-likeness (QED) is 0.618. The SMILES string of the molecule is Cc1ccc(Cc2c(C)ccc(C)c2O[C@@H]2O[C@H](CO)[C@@H](O)[C@H](O)[C@H]2O)cc1. The van der Waals surface area contributed by atoms with Gasteiger partial charge in [0.15, 0.2) is 0 Å². The standard InChI is InChI=1S/C22H28O6/c1-12-4-8-15(9-5-12)10-16-13(2)6-7-14(3)21(16)28-22-20(26)19(25)18(24)17(11-23)27-22/h4-9,17-20,22-26H,10-11H2,1-3H3/t17-,18-,19+,20-,22+/m1/s1. The van der Waals surface area contributed by atoms with Crippen molar-refractivity contribution in [3.05, 3.63) is 64.2 Å². The molecule has 28 heavy (non-hydrogen) atoms. The Kier molecular flexibility index (Phi) is 6.37. The molecule has 1 aliphatic rings. The largest absolute Gasteiger partial charge is 0.461 e. The number of aliphatic hydroxyl groups excluding tert-OH is 4. The van der Waals surface area contributed by atoms with Crippen molar-refractivity contribution in [3.8, 4) is 5.75 Å². The van der Waals surface area contributed by atoms with Gasteiger partial charge in [-0.05, 0) is 37.5 Å². The maximum atomic E-state index is 10.3. The normalized spacial score (nSPS) is 27.6. The van der Waals surface area contributed by atoms with Crippen LogP contribution >= 0.6 is 0 Å². The number of aryl methyl sites for hydroxylation is 3. The van der Waals surface area contributed by atoms with Crippen molar-refractivity contribution in [2.75, 3.05) is 6.61 Å². The van der Waals surface area contributed by atoms with Gasteiger partial charge in [-0.1, -0.05) is 42.0 Å². The van der Waals surface area contributed by atoms with Crippen LogP contribution in [-0.4, -0.2) is 57.7 Å². The van der Waals surface area contributed by atoms with Crippen LogP contribution in [0.15, 0.2) is 36.4 Å². The molecule has 0 saturated carbocycles. The van der Waals surface area contributed by atoms with E-state index in [1.807, 2.05) is 32.9 Å². The Morgan fingerprint density at radius 3 is 2.14 bits per heavy atom. The summed E-state index contributed by atoms with van der Waals surface area (Å²) in [5.74, 6) is 0.574. The zero-order valence-electron chi connectivity index (χ0n) is 16.4. The number of ether oxygens (including phenoxy) is 2. The molecule has 1 heterocycles. The van der Waals surface area contributed by atoms with Crippen molar-refractivity contribution in [2.45, 2.75) is 57.9 Å². The molecular formula is C22H28O6. The fourth-order valence-electron chi connectivity index (χ4n) is 3.42. The van der Waals surface area contributed by atoms with Crippen molar-refractivity contribution in [2.24, 2.45) is 0 Å². The van der Waals surface area contributed by atoms with E-state index in [2.05, 4.69) is 24.3 Å². The molecule has 0 amide bonds. The van der Waals surface area contributed by atoms with Crippen molar-refractivity contribution < 1.29 is 29.9 Å². The van der Waals surface area contributed by atoms with Gasteiger partial charge in [-0.2, -0.15) is 0 Å². The Balaban J connectivity index is 1.91. The second kappa shape index (κ2) is 8.59. The van der Waals surface area contributed by atoms with Gasteiger partial charge in [0.1, 0.15) is 30.2 Å². The van der Waals surface area contributed by atoms with Crippen LogP contribution in [0.4, 0.5) is 0 Å². The van der Waals surface area contributed by atoms with Crippen molar-refractivity contribution >= 4 is 0 Å². The highest BCUT2D eigenvalue weighted by Gasteiger charge is 2.45. The summed E-state index contributed by atoms with van der Waals surface area (Å²) in [6.07, 6.45) is -5.89. The smallest absolute Gasteiger partial charge is 0.229 e. The predicted molar refractivity (Wildman–Crippen MR) is 104 cm³/mol. The Morgan fingerprint density at radius 1 is 0.857 bits per heavy atom. The topological polar surface area (TPSA) is 99.4 Å². The lowest BCUT2D eigenvalue weighted by Gasteiger charge is -2.40. The molecule has 0 spiro atoms. The van der Waals surface area contributed by atoms with Gasteiger partial charge < -0.3 is 29.9 Å². The van der Waals surface area contributed by atoms with Crippen LogP contribution in [0.2, 0.25) is 0 Å². The van der Waals surface area contributed by atoms with Gasteiger partial charge >= 0.3 is 0 Å². The van der Waals surface area contributed by atoms with Crippen LogP contribution in [0, 0.1) is 20.8 Å². The van der Waals surface area contributed by atoms with Gasteiger partial charge in [0.2, 0.25) is 6.29 Å². The van der Waals surface area contributed by atoms with E-state index in [0.29, 0.717) is 12.2 Å². The molecule has 6 nitrogen and oxygen atoms in total. The third-order valence-electron chi connectivity index (χ3n) is 5.28. The molecule has 3 rings (SSSR count). The summed E-state index contributed by atoms with van der Waals surface area (Å²) >= 11 is 0. The Bertz CT molecular complexity index is 801. The molecule has 152 valence electrons. The minimum absolute atomic E-state index is 0.492. The van der Waals surface area contributed by atoms with E-state index in [1.165, 1.54) is 5.56 Å². The maximum Gasteiger partial charge on any atom is 0.229 e. The summed E-state index contributed by atoms with van der Waals surface area (Å²) in [4.78, 5) is 0. The predicted octanol–water partition coefficient (Wildman–Crippen LogP) is 1.38. The molecule has 0 radical (unpaired) electrons. The maximum absolute atomic E-state index is 10.3. The summed E-state index contributed by atoms with van der Waals surface area (Å²) < 4.78 is 11.5. The number of rotatable bonds is 5. The molecule has 5 atom stereocenters. The summed E-state index contributed by atoms with van der Waals surface area (Å²) in [5.41, 5.74) is 5.16. The lowest BCUT2D eigenvalue weighted by molar-refractivity contribution is -0.277. The van der Waals surface area contributed by atoms with E-state index in [4.69, 9.17) is 9.47 Å². The van der Waals surface area contributed by atoms with Crippen LogP contribution in [0.1, 0.15) is 27.8 Å². The van der Waals surface area contributed by atoms with Crippen molar-refractivity contribution in [1.29, 1.82) is 0 Å². The van der Waals surface area contributed by atoms with E-state index in [9.17, 15) is 20.4 Å². The molecule has 2 aromatic rings. The number of hydrogen-bond donors (Lipinski definition) is 4. The summed E-state index contributed by atoms with van der Waals surface area (Å²) in [6.45, 7) is 5.43. The van der Waals surface area contributed by atoms with Crippen molar-refractivity contribution in [3.63, 3.8) is 0 Å². The van der Waals surface area contributed by atoms with Crippen LogP contribution < -0.4 is 4.74 Å². The highest BCUT2D eigenvalue weighted by molar-refractivity contribution is 5.48. The van der Waals surface area contributed by atoms with Gasteiger partial charge in [0, 0.05) is 12.0 Å². The Hall–Kier alpha value is -1.96. The molecule has 1 saturated heterocycles. The number of aliphatic hydroxyl groups is 4. The van der Waals surface area contributed by atoms with Crippen LogP contribution in [0.5, 0.6) is 5.75 Å². The fraction of sp³-hybridized carbons (Fsp3) is 0.455. The van der Waals surface area contributed by atoms with E-state index in [0.717, 1.165) is 22.3 Å². The Labute approximate surface area is 165 Å². The van der Waals surface area contributed by atoms with Gasteiger partial charge in [-0.15, -0.1) is 0 Å². The van der Waals surface area contributed by atoms with E-state index < -0.39 is 37.3 Å². The average Bonchev–Trinajstić information content (AvgIpc) is 2.68. The number of benzene rings is 2. The molecule has 0 aromatic heterocycles. The first-order valence-electron chi connectivity index (χ1n) is 9.43. The highest BCUT2D eigenvalue weighted by atomic mass is 16.7. The second-order valence-corrected chi connectivity index (χ2v) is 7.48. The first-order valence-corrected chi connectivity index (χ1v) is 9.43. The molecule has 6 heteroatoms. The van der Waals surface area contributed by atoms with Crippen LogP contribution in [0.25, 0.3) is 0 Å². The number of hydrogen-bond acceptors (Lipinski definition) is 6. The molecule has 4 N–H and O–H groups in total. The third kappa shape index (κ3) is 4.21. The molecule has 0 aliphatic carbocycles. The minimum Gasteiger partial charge on any atom is -0.461 e. The van der Waals surface area contributed by atoms with E-state index >= 15 is 0 Å². The Morgan fingerprint density at radius 2 is 1.50 bits per heavy atom. The molecule has 0 unspecified atom stereocenters. The molecular weight excluding hydrogens is 360 g/mol. The first kappa shape index (κ1) is 20.8. The zero-order valence-corrected chi connectivity index (χ0v) is 16.4. The monoisotopic (exact) mass is 388 g/mol. The van der Waals surface area contributed by atoms with Gasteiger partial charge in [-0.25, -0.2) is 0 Å². The second-order valence-electron chi connectivity index (χ2n) is 7.48.